The van der Waals surface area contributed by atoms with Gasteiger partial charge in [-0.1, -0.05) is 0 Å². The highest BCUT2D eigenvalue weighted by Gasteiger charge is 2.13. The fourth-order valence-electron chi connectivity index (χ4n) is 1.70. The normalized spacial score (nSPS) is 11.5. The van der Waals surface area contributed by atoms with E-state index in [4.69, 9.17) is 10.5 Å². The third kappa shape index (κ3) is 4.55. The van der Waals surface area contributed by atoms with E-state index in [1.807, 2.05) is 0 Å². The average molecular weight is 310 g/mol. The first kappa shape index (κ1) is 15.5. The molecule has 0 bridgehead atoms. The van der Waals surface area contributed by atoms with Crippen molar-refractivity contribution in [2.24, 2.45) is 5.73 Å². The van der Waals surface area contributed by atoms with E-state index in [2.05, 4.69) is 9.71 Å². The van der Waals surface area contributed by atoms with Crippen LogP contribution in [0.3, 0.4) is 0 Å². The third-order valence-corrected chi connectivity index (χ3v) is 4.22. The molecule has 0 fully saturated rings. The Morgan fingerprint density at radius 1 is 1.29 bits per heavy atom. The Bertz CT molecular complexity index is 639. The number of hydrogen-bond acceptors (Lipinski definition) is 5. The van der Waals surface area contributed by atoms with E-state index in [0.29, 0.717) is 32.0 Å². The van der Waals surface area contributed by atoms with E-state index < -0.39 is 10.0 Å². The van der Waals surface area contributed by atoms with Gasteiger partial charge in [-0.15, -0.1) is 0 Å². The molecule has 1 aromatic heterocycles. The molecule has 2 aromatic rings. The molecule has 2 rings (SSSR count). The molecule has 0 unspecified atom stereocenters. The predicted molar refractivity (Wildman–Crippen MR) is 78.4 cm³/mol. The van der Waals surface area contributed by atoms with Gasteiger partial charge < -0.3 is 15.0 Å². The SMILES string of the molecule is NCCOc1ccc(S(=O)(=O)NCCn2ccnc2)cc1. The molecular weight excluding hydrogens is 292 g/mol. The predicted octanol–water partition coefficient (Wildman–Crippen LogP) is 0.199. The van der Waals surface area contributed by atoms with Crippen molar-refractivity contribution in [3.63, 3.8) is 0 Å². The molecule has 0 spiro atoms. The Balaban J connectivity index is 1.92. The molecule has 8 heteroatoms. The highest BCUT2D eigenvalue weighted by molar-refractivity contribution is 7.89. The number of nitrogens with one attached hydrogen (secondary N) is 1. The lowest BCUT2D eigenvalue weighted by molar-refractivity contribution is 0.328. The van der Waals surface area contributed by atoms with Crippen LogP contribution in [-0.2, 0) is 16.6 Å². The molecule has 0 aliphatic heterocycles. The Kier molecular flexibility index (Phi) is 5.32. The van der Waals surface area contributed by atoms with Crippen molar-refractivity contribution in [3.8, 4) is 5.75 Å². The topological polar surface area (TPSA) is 99.2 Å². The lowest BCUT2D eigenvalue weighted by atomic mass is 10.3. The van der Waals surface area contributed by atoms with Gasteiger partial charge in [0.05, 0.1) is 11.2 Å². The number of nitrogens with zero attached hydrogens (tertiary/aromatic N) is 2. The molecule has 3 N–H and O–H groups in total. The molecule has 0 aliphatic rings. The summed E-state index contributed by atoms with van der Waals surface area (Å²) in [7, 11) is -3.51. The van der Waals surface area contributed by atoms with Crippen molar-refractivity contribution in [1.82, 2.24) is 14.3 Å². The number of benzene rings is 1. The summed E-state index contributed by atoms with van der Waals surface area (Å²) in [6.07, 6.45) is 5.06. The molecule has 0 radical (unpaired) electrons. The average Bonchev–Trinajstić information content (AvgIpc) is 2.98. The molecule has 1 aromatic carbocycles. The zero-order chi connectivity index (χ0) is 15.1. The summed E-state index contributed by atoms with van der Waals surface area (Å²) in [5.74, 6) is 0.595. The summed E-state index contributed by atoms with van der Waals surface area (Å²) in [5, 5.41) is 0. The lowest BCUT2D eigenvalue weighted by Crippen LogP contribution is -2.27. The second kappa shape index (κ2) is 7.21. The first-order chi connectivity index (χ1) is 10.1. The smallest absolute Gasteiger partial charge is 0.240 e. The summed E-state index contributed by atoms with van der Waals surface area (Å²) in [6.45, 7) is 1.63. The van der Waals surface area contributed by atoms with Gasteiger partial charge in [-0.3, -0.25) is 0 Å². The second-order valence-corrected chi connectivity index (χ2v) is 6.07. The van der Waals surface area contributed by atoms with Crippen LogP contribution in [0.4, 0.5) is 0 Å². The van der Waals surface area contributed by atoms with Gasteiger partial charge in [0, 0.05) is 32.0 Å². The van der Waals surface area contributed by atoms with E-state index in [1.165, 1.54) is 12.1 Å². The number of ether oxygens (including phenoxy) is 1. The van der Waals surface area contributed by atoms with E-state index in [9.17, 15) is 8.42 Å². The Hall–Kier alpha value is -1.90. The maximum atomic E-state index is 12.1. The van der Waals surface area contributed by atoms with Gasteiger partial charge in [0.1, 0.15) is 12.4 Å². The van der Waals surface area contributed by atoms with E-state index in [1.54, 1.807) is 35.4 Å². The minimum Gasteiger partial charge on any atom is -0.492 e. The minimum absolute atomic E-state index is 0.202. The molecule has 0 saturated carbocycles. The molecule has 0 saturated heterocycles. The van der Waals surface area contributed by atoms with Crippen LogP contribution in [-0.4, -0.2) is 37.7 Å². The summed E-state index contributed by atoms with van der Waals surface area (Å²) < 4.78 is 33.8. The Labute approximate surface area is 123 Å². The lowest BCUT2D eigenvalue weighted by Gasteiger charge is -2.08. The molecule has 114 valence electrons. The van der Waals surface area contributed by atoms with Gasteiger partial charge in [0.25, 0.3) is 0 Å². The molecule has 7 nitrogen and oxygen atoms in total. The zero-order valence-corrected chi connectivity index (χ0v) is 12.3. The van der Waals surface area contributed by atoms with E-state index >= 15 is 0 Å². The van der Waals surface area contributed by atoms with Crippen LogP contribution in [0.15, 0.2) is 47.9 Å². The number of sulfonamides is 1. The number of nitrogens with two attached hydrogens (primary N) is 1. The maximum Gasteiger partial charge on any atom is 0.240 e. The van der Waals surface area contributed by atoms with Crippen molar-refractivity contribution < 1.29 is 13.2 Å². The van der Waals surface area contributed by atoms with Gasteiger partial charge in [-0.25, -0.2) is 18.1 Å². The third-order valence-electron chi connectivity index (χ3n) is 2.74. The Morgan fingerprint density at radius 3 is 2.67 bits per heavy atom. The maximum absolute atomic E-state index is 12.1. The van der Waals surface area contributed by atoms with Gasteiger partial charge >= 0.3 is 0 Å². The van der Waals surface area contributed by atoms with Crippen molar-refractivity contribution in [1.29, 1.82) is 0 Å². The fraction of sp³-hybridized carbons (Fsp3) is 0.308. The standard InChI is InChI=1S/C13H18N4O3S/c14-5-10-20-12-1-3-13(4-2-12)21(18,19)16-7-9-17-8-6-15-11-17/h1-4,6,8,11,16H,5,7,9-10,14H2. The molecule has 0 aliphatic carbocycles. The largest absolute Gasteiger partial charge is 0.492 e. The summed E-state index contributed by atoms with van der Waals surface area (Å²) in [4.78, 5) is 4.09. The fourth-order valence-corrected chi connectivity index (χ4v) is 2.72. The van der Waals surface area contributed by atoms with Crippen LogP contribution in [0.1, 0.15) is 0 Å². The first-order valence-electron chi connectivity index (χ1n) is 6.50. The molecule has 0 atom stereocenters. The number of imidazole rings is 1. The van der Waals surface area contributed by atoms with E-state index in [-0.39, 0.29) is 4.90 Å². The van der Waals surface area contributed by atoms with Gasteiger partial charge in [0.2, 0.25) is 10.0 Å². The zero-order valence-electron chi connectivity index (χ0n) is 11.5. The van der Waals surface area contributed by atoms with Gasteiger partial charge in [0.15, 0.2) is 0 Å². The number of aromatic nitrogens is 2. The van der Waals surface area contributed by atoms with Crippen LogP contribution in [0.2, 0.25) is 0 Å². The monoisotopic (exact) mass is 310 g/mol. The van der Waals surface area contributed by atoms with Crippen LogP contribution in [0.5, 0.6) is 5.75 Å². The minimum atomic E-state index is -3.51. The van der Waals surface area contributed by atoms with Gasteiger partial charge in [-0.2, -0.15) is 0 Å². The van der Waals surface area contributed by atoms with Crippen molar-refractivity contribution in [2.75, 3.05) is 19.7 Å². The quantitative estimate of drug-likeness (QED) is 0.725. The van der Waals surface area contributed by atoms with E-state index in [0.717, 1.165) is 0 Å². The van der Waals surface area contributed by atoms with Crippen LogP contribution >= 0.6 is 0 Å². The molecule has 21 heavy (non-hydrogen) atoms. The first-order valence-corrected chi connectivity index (χ1v) is 7.98. The second-order valence-electron chi connectivity index (χ2n) is 4.31. The van der Waals surface area contributed by atoms with Crippen LogP contribution in [0, 0.1) is 0 Å². The summed E-state index contributed by atoms with van der Waals surface area (Å²) >= 11 is 0. The Morgan fingerprint density at radius 2 is 2.05 bits per heavy atom. The number of hydrogen-bond donors (Lipinski definition) is 2. The van der Waals surface area contributed by atoms with Crippen molar-refractivity contribution in [2.45, 2.75) is 11.4 Å². The molecule has 1 heterocycles. The van der Waals surface area contributed by atoms with Crippen LogP contribution in [0.25, 0.3) is 0 Å². The van der Waals surface area contributed by atoms with Crippen LogP contribution < -0.4 is 15.2 Å². The molecular formula is C13H18N4O3S. The summed E-state index contributed by atoms with van der Waals surface area (Å²) in [5.41, 5.74) is 5.33. The highest BCUT2D eigenvalue weighted by Crippen LogP contribution is 2.15. The highest BCUT2D eigenvalue weighted by atomic mass is 32.2. The summed E-state index contributed by atoms with van der Waals surface area (Å²) in [6, 6.07) is 6.23. The van der Waals surface area contributed by atoms with Gasteiger partial charge in [-0.05, 0) is 24.3 Å². The molecule has 0 amide bonds. The van der Waals surface area contributed by atoms with Crippen molar-refractivity contribution >= 4 is 10.0 Å². The van der Waals surface area contributed by atoms with Crippen molar-refractivity contribution in [3.05, 3.63) is 43.0 Å². The number of rotatable bonds is 8.